The van der Waals surface area contributed by atoms with Crippen molar-refractivity contribution in [3.63, 3.8) is 0 Å². The zero-order valence-corrected chi connectivity index (χ0v) is 16.9. The van der Waals surface area contributed by atoms with Gasteiger partial charge in [-0.1, -0.05) is 48.5 Å². The molecule has 1 N–H and O–H groups in total. The van der Waals surface area contributed by atoms with Gasteiger partial charge in [-0.3, -0.25) is 9.71 Å². The summed E-state index contributed by atoms with van der Waals surface area (Å²) in [4.78, 5) is 17.4. The second-order valence-corrected chi connectivity index (χ2v) is 9.13. The van der Waals surface area contributed by atoms with Crippen LogP contribution >= 0.6 is 0 Å². The van der Waals surface area contributed by atoms with Gasteiger partial charge in [0, 0.05) is 5.56 Å². The van der Waals surface area contributed by atoms with E-state index in [1.54, 1.807) is 38.1 Å². The number of hydrogen-bond acceptors (Lipinski definition) is 5. The largest absolute Gasteiger partial charge is 0.460 e. The Bertz CT molecular complexity index is 1240. The maximum absolute atomic E-state index is 12.7. The number of nitrogens with zero attached hydrogens (tertiary/aromatic N) is 1. The lowest BCUT2D eigenvalue weighted by molar-refractivity contribution is 0.0437. The van der Waals surface area contributed by atoms with Crippen molar-refractivity contribution in [2.24, 2.45) is 4.99 Å². The Balaban J connectivity index is 1.55. The van der Waals surface area contributed by atoms with Crippen LogP contribution < -0.4 is 4.72 Å². The summed E-state index contributed by atoms with van der Waals surface area (Å²) in [6, 6.07) is 19.7. The molecule has 7 heteroatoms. The minimum absolute atomic E-state index is 0.00243. The highest BCUT2D eigenvalue weighted by molar-refractivity contribution is 7.90. The molecule has 0 fully saturated rings. The molecule has 0 atom stereocenters. The maximum atomic E-state index is 12.7. The molecule has 0 radical (unpaired) electrons. The highest BCUT2D eigenvalue weighted by Crippen LogP contribution is 2.25. The summed E-state index contributed by atoms with van der Waals surface area (Å²) >= 11 is 0. The molecule has 0 saturated heterocycles. The first-order chi connectivity index (χ1) is 13.8. The Morgan fingerprint density at radius 3 is 2.52 bits per heavy atom. The van der Waals surface area contributed by atoms with Crippen LogP contribution in [0.1, 0.15) is 29.8 Å². The van der Waals surface area contributed by atoms with Gasteiger partial charge in [-0.2, -0.15) is 0 Å². The average Bonchev–Trinajstić information content (AvgIpc) is 2.95. The molecule has 6 nitrogen and oxygen atoms in total. The van der Waals surface area contributed by atoms with Gasteiger partial charge >= 0.3 is 5.97 Å². The van der Waals surface area contributed by atoms with Crippen molar-refractivity contribution < 1.29 is 17.9 Å². The van der Waals surface area contributed by atoms with Crippen molar-refractivity contribution in [1.82, 2.24) is 4.72 Å². The molecule has 0 amide bonds. The second kappa shape index (κ2) is 7.00. The molecule has 1 aliphatic rings. The van der Waals surface area contributed by atoms with Crippen LogP contribution in [-0.2, 0) is 14.8 Å². The summed E-state index contributed by atoms with van der Waals surface area (Å²) in [5, 5.41) is 1.78. The van der Waals surface area contributed by atoms with Crippen LogP contribution in [0.3, 0.4) is 0 Å². The molecule has 0 aromatic heterocycles. The summed E-state index contributed by atoms with van der Waals surface area (Å²) in [6.45, 7) is 3.57. The van der Waals surface area contributed by atoms with E-state index in [9.17, 15) is 13.2 Å². The van der Waals surface area contributed by atoms with Crippen molar-refractivity contribution in [2.75, 3.05) is 6.61 Å². The molecule has 3 aromatic rings. The summed E-state index contributed by atoms with van der Waals surface area (Å²) in [7, 11) is -3.61. The van der Waals surface area contributed by atoms with Crippen molar-refractivity contribution in [2.45, 2.75) is 24.3 Å². The van der Waals surface area contributed by atoms with E-state index in [1.165, 1.54) is 6.07 Å². The summed E-state index contributed by atoms with van der Waals surface area (Å²) in [6.07, 6.45) is 0. The molecule has 29 heavy (non-hydrogen) atoms. The van der Waals surface area contributed by atoms with E-state index >= 15 is 0 Å². The number of sulfonamides is 1. The van der Waals surface area contributed by atoms with Crippen molar-refractivity contribution in [3.05, 3.63) is 77.9 Å². The number of nitrogens with one attached hydrogen (secondary N) is 1. The number of aliphatic imine (C=N–C) groups is 1. The highest BCUT2D eigenvalue weighted by Gasteiger charge is 2.32. The minimum atomic E-state index is -3.61. The molecule has 0 spiro atoms. The molecule has 4 rings (SSSR count). The molecule has 3 aromatic carbocycles. The lowest BCUT2D eigenvalue weighted by Gasteiger charge is -2.20. The van der Waals surface area contributed by atoms with E-state index in [4.69, 9.17) is 4.74 Å². The zero-order valence-electron chi connectivity index (χ0n) is 16.0. The topological polar surface area (TPSA) is 84.8 Å². The number of rotatable bonds is 4. The van der Waals surface area contributed by atoms with E-state index in [0.717, 1.165) is 10.8 Å². The number of benzene rings is 3. The molecule has 0 unspecified atom stereocenters. The van der Waals surface area contributed by atoms with Crippen molar-refractivity contribution in [1.29, 1.82) is 0 Å². The lowest BCUT2D eigenvalue weighted by Crippen LogP contribution is -2.31. The summed E-state index contributed by atoms with van der Waals surface area (Å²) in [5.41, 5.74) is 0.176. The first-order valence-corrected chi connectivity index (χ1v) is 10.6. The molecule has 1 aliphatic heterocycles. The maximum Gasteiger partial charge on any atom is 0.338 e. The Morgan fingerprint density at radius 2 is 1.69 bits per heavy atom. The molecule has 0 saturated carbocycles. The molecule has 148 valence electrons. The molecular formula is C22H20N2O4S. The monoisotopic (exact) mass is 408 g/mol. The van der Waals surface area contributed by atoms with Crippen LogP contribution in [0.4, 0.5) is 0 Å². The van der Waals surface area contributed by atoms with E-state index in [2.05, 4.69) is 9.71 Å². The van der Waals surface area contributed by atoms with Gasteiger partial charge < -0.3 is 4.74 Å². The highest BCUT2D eigenvalue weighted by atomic mass is 32.2. The van der Waals surface area contributed by atoms with Gasteiger partial charge in [0.05, 0.1) is 16.0 Å². The molecule has 0 bridgehead atoms. The summed E-state index contributed by atoms with van der Waals surface area (Å²) in [5.74, 6) is -0.186. The number of esters is 1. The minimum Gasteiger partial charge on any atom is -0.460 e. The fraction of sp³-hybridized carbons (Fsp3) is 0.182. The molecular weight excluding hydrogens is 388 g/mol. The third-order valence-corrected chi connectivity index (χ3v) is 6.04. The SMILES string of the molecule is CC(C)(COC(=O)c1cccc2ccccc12)N=C1NS(=O)(=O)c2ccccc21. The Morgan fingerprint density at radius 1 is 1.00 bits per heavy atom. The first-order valence-electron chi connectivity index (χ1n) is 9.14. The van der Waals surface area contributed by atoms with Gasteiger partial charge in [-0.05, 0) is 42.8 Å². The fourth-order valence-electron chi connectivity index (χ4n) is 3.28. The number of hydrogen-bond donors (Lipinski definition) is 1. The van der Waals surface area contributed by atoms with Crippen molar-refractivity contribution in [3.8, 4) is 0 Å². The predicted octanol–water partition coefficient (Wildman–Crippen LogP) is 3.51. The quantitative estimate of drug-likeness (QED) is 0.670. The van der Waals surface area contributed by atoms with E-state index in [1.807, 2.05) is 36.4 Å². The normalized spacial score (nSPS) is 16.4. The Labute approximate surface area is 169 Å². The van der Waals surface area contributed by atoms with Gasteiger partial charge in [0.2, 0.25) is 0 Å². The molecule has 1 heterocycles. The Hall–Kier alpha value is -3.19. The first kappa shape index (κ1) is 19.1. The smallest absolute Gasteiger partial charge is 0.338 e. The van der Waals surface area contributed by atoms with E-state index in [0.29, 0.717) is 11.1 Å². The zero-order chi connectivity index (χ0) is 20.6. The Kier molecular flexibility index (Phi) is 4.62. The standard InChI is InChI=1S/C22H20N2O4S/c1-22(2,23-20-18-11-5-6-13-19(18)29(26,27)24-20)14-28-21(25)17-12-7-9-15-8-3-4-10-16(15)17/h3-13H,14H2,1-2H3,(H,23,24). The number of fused-ring (bicyclic) bond motifs is 2. The van der Waals surface area contributed by atoms with Crippen LogP contribution in [0.5, 0.6) is 0 Å². The molecule has 0 aliphatic carbocycles. The van der Waals surface area contributed by atoms with Crippen LogP contribution in [0.15, 0.2) is 76.6 Å². The third-order valence-electron chi connectivity index (χ3n) is 4.64. The van der Waals surface area contributed by atoms with Crippen LogP contribution in [0, 0.1) is 0 Å². The van der Waals surface area contributed by atoms with Crippen LogP contribution in [-0.4, -0.2) is 32.4 Å². The lowest BCUT2D eigenvalue weighted by atomic mass is 10.0. The average molecular weight is 408 g/mol. The van der Waals surface area contributed by atoms with E-state index < -0.39 is 21.5 Å². The third kappa shape index (κ3) is 3.73. The fourth-order valence-corrected chi connectivity index (χ4v) is 4.51. The van der Waals surface area contributed by atoms with E-state index in [-0.39, 0.29) is 17.3 Å². The number of amidine groups is 1. The number of carbonyl (C=O) groups excluding carboxylic acids is 1. The van der Waals surface area contributed by atoms with Gasteiger partial charge in [0.1, 0.15) is 12.4 Å². The van der Waals surface area contributed by atoms with Crippen LogP contribution in [0.2, 0.25) is 0 Å². The van der Waals surface area contributed by atoms with Gasteiger partial charge in [0.15, 0.2) is 0 Å². The second-order valence-electron chi connectivity index (χ2n) is 7.48. The van der Waals surface area contributed by atoms with Crippen LogP contribution in [0.25, 0.3) is 10.8 Å². The van der Waals surface area contributed by atoms with Crippen molar-refractivity contribution >= 4 is 32.6 Å². The van der Waals surface area contributed by atoms with Gasteiger partial charge in [0.25, 0.3) is 10.0 Å². The predicted molar refractivity (Wildman–Crippen MR) is 112 cm³/mol. The van der Waals surface area contributed by atoms with Gasteiger partial charge in [-0.25, -0.2) is 13.2 Å². The number of carbonyl (C=O) groups is 1. The number of ether oxygens (including phenoxy) is 1. The summed E-state index contributed by atoms with van der Waals surface area (Å²) < 4.78 is 32.5. The van der Waals surface area contributed by atoms with Gasteiger partial charge in [-0.15, -0.1) is 0 Å².